The maximum absolute atomic E-state index is 15.9. The summed E-state index contributed by atoms with van der Waals surface area (Å²) in [5, 5.41) is 9.76. The number of likely N-dealkylation sites (tertiary alicyclic amines) is 1. The first-order valence-electron chi connectivity index (χ1n) is 10.9. The van der Waals surface area contributed by atoms with Gasteiger partial charge < -0.3 is 14.6 Å². The molecule has 0 amide bonds. The number of benzene rings is 2. The van der Waals surface area contributed by atoms with Gasteiger partial charge in [-0.25, -0.2) is 8.78 Å². The number of carboxylic acid groups (broad SMARTS) is 1. The first kappa shape index (κ1) is 23.2. The molecule has 0 saturated carbocycles. The van der Waals surface area contributed by atoms with E-state index in [2.05, 4.69) is 0 Å². The number of aliphatic carboxylic acids is 1. The summed E-state index contributed by atoms with van der Waals surface area (Å²) in [5.74, 6) is -1.36. The standard InChI is InChI=1S/C25H27F2NO5/c1-32-21-10-16-9-17(23(29)18(16)11-22(21)33-2)12-25(27)7-8-28(20(13-25)24(30)31)14-15-5-3-4-6-19(15)26/h3-6,10-11,17,20H,7-9,12-14H2,1-2H3,(H,30,31). The third kappa shape index (κ3) is 4.57. The number of carboxylic acids is 1. The van der Waals surface area contributed by atoms with E-state index < -0.39 is 29.4 Å². The van der Waals surface area contributed by atoms with Crippen LogP contribution in [0.3, 0.4) is 0 Å². The number of methoxy groups -OCH3 is 2. The minimum Gasteiger partial charge on any atom is -0.493 e. The minimum absolute atomic E-state index is 0.0531. The molecule has 0 spiro atoms. The van der Waals surface area contributed by atoms with Gasteiger partial charge in [-0.1, -0.05) is 18.2 Å². The molecule has 2 aromatic rings. The van der Waals surface area contributed by atoms with E-state index in [9.17, 15) is 19.1 Å². The van der Waals surface area contributed by atoms with Crippen LogP contribution in [0.1, 0.15) is 40.7 Å². The van der Waals surface area contributed by atoms with Crippen LogP contribution < -0.4 is 9.47 Å². The minimum atomic E-state index is -1.80. The van der Waals surface area contributed by atoms with Crippen LogP contribution in [-0.2, 0) is 17.8 Å². The van der Waals surface area contributed by atoms with Gasteiger partial charge in [0.15, 0.2) is 17.3 Å². The summed E-state index contributed by atoms with van der Waals surface area (Å²) in [5.41, 5.74) is -0.156. The topological polar surface area (TPSA) is 76.1 Å². The van der Waals surface area contributed by atoms with Crippen LogP contribution in [0, 0.1) is 11.7 Å². The van der Waals surface area contributed by atoms with E-state index in [1.807, 2.05) is 0 Å². The predicted octanol–water partition coefficient (Wildman–Crippen LogP) is 4.05. The van der Waals surface area contributed by atoms with Crippen LogP contribution in [0.25, 0.3) is 0 Å². The van der Waals surface area contributed by atoms with E-state index in [4.69, 9.17) is 9.47 Å². The molecule has 1 N–H and O–H groups in total. The molecule has 0 aromatic heterocycles. The number of carbonyl (C=O) groups is 2. The Balaban J connectivity index is 1.49. The molecule has 8 heteroatoms. The molecule has 3 unspecified atom stereocenters. The summed E-state index contributed by atoms with van der Waals surface area (Å²) in [6, 6.07) is 8.45. The van der Waals surface area contributed by atoms with Crippen molar-refractivity contribution in [1.29, 1.82) is 0 Å². The number of rotatable bonds is 7. The van der Waals surface area contributed by atoms with Gasteiger partial charge in [-0.3, -0.25) is 14.5 Å². The van der Waals surface area contributed by atoms with Crippen LogP contribution in [0.4, 0.5) is 8.78 Å². The number of halogens is 2. The lowest BCUT2D eigenvalue weighted by molar-refractivity contribution is -0.148. The zero-order valence-electron chi connectivity index (χ0n) is 18.6. The fraction of sp³-hybridized carbons (Fsp3) is 0.440. The number of fused-ring (bicyclic) bond motifs is 1. The lowest BCUT2D eigenvalue weighted by Crippen LogP contribution is -2.52. The second kappa shape index (κ2) is 9.09. The monoisotopic (exact) mass is 459 g/mol. The molecule has 0 radical (unpaired) electrons. The van der Waals surface area contributed by atoms with Gasteiger partial charge in [0.25, 0.3) is 0 Å². The molecule has 0 bridgehead atoms. The van der Waals surface area contributed by atoms with Crippen LogP contribution in [0.5, 0.6) is 11.5 Å². The van der Waals surface area contributed by atoms with Crippen molar-refractivity contribution in [2.75, 3.05) is 20.8 Å². The zero-order valence-corrected chi connectivity index (χ0v) is 18.6. The number of Topliss-reactive ketones (excluding diaryl/α,β-unsaturated/α-hetero) is 1. The average Bonchev–Trinajstić information content (AvgIpc) is 3.09. The van der Waals surface area contributed by atoms with Crippen molar-refractivity contribution in [3.05, 3.63) is 58.9 Å². The highest BCUT2D eigenvalue weighted by Gasteiger charge is 2.47. The zero-order chi connectivity index (χ0) is 23.8. The number of piperidine rings is 1. The Morgan fingerprint density at radius 1 is 1.21 bits per heavy atom. The third-order valence-electron chi connectivity index (χ3n) is 6.79. The SMILES string of the molecule is COc1cc2c(cc1OC)C(=O)C(CC1(F)CCN(Cc3ccccc3F)C(C(=O)O)C1)C2. The van der Waals surface area contributed by atoms with Gasteiger partial charge in [-0.05, 0) is 43.0 Å². The molecule has 33 heavy (non-hydrogen) atoms. The molecule has 1 fully saturated rings. The van der Waals surface area contributed by atoms with Crippen LogP contribution in [0.15, 0.2) is 36.4 Å². The normalized spacial score (nSPS) is 25.0. The van der Waals surface area contributed by atoms with Gasteiger partial charge >= 0.3 is 5.97 Å². The number of alkyl halides is 1. The number of nitrogens with zero attached hydrogens (tertiary/aromatic N) is 1. The van der Waals surface area contributed by atoms with Gasteiger partial charge in [0.05, 0.1) is 14.2 Å². The third-order valence-corrected chi connectivity index (χ3v) is 6.79. The molecule has 1 aliphatic heterocycles. The van der Waals surface area contributed by atoms with Crippen molar-refractivity contribution in [3.8, 4) is 11.5 Å². The Kier molecular flexibility index (Phi) is 6.38. The van der Waals surface area contributed by atoms with Gasteiger partial charge in [0.2, 0.25) is 0 Å². The molecule has 4 rings (SSSR count). The fourth-order valence-corrected chi connectivity index (χ4v) is 5.04. The highest BCUT2D eigenvalue weighted by molar-refractivity contribution is 6.03. The summed E-state index contributed by atoms with van der Waals surface area (Å²) in [7, 11) is 3.00. The molecule has 1 aliphatic carbocycles. The summed E-state index contributed by atoms with van der Waals surface area (Å²) in [6.45, 7) is 0.254. The Bertz CT molecular complexity index is 1070. The molecule has 6 nitrogen and oxygen atoms in total. The Labute approximate surface area is 191 Å². The fourth-order valence-electron chi connectivity index (χ4n) is 5.04. The largest absolute Gasteiger partial charge is 0.493 e. The van der Waals surface area contributed by atoms with Crippen LogP contribution in [-0.4, -0.2) is 54.2 Å². The highest BCUT2D eigenvalue weighted by atomic mass is 19.1. The van der Waals surface area contributed by atoms with Crippen molar-refractivity contribution >= 4 is 11.8 Å². The molecule has 3 atom stereocenters. The molecular weight excluding hydrogens is 432 g/mol. The number of ether oxygens (including phenoxy) is 2. The van der Waals surface area contributed by atoms with Crippen molar-refractivity contribution < 1.29 is 33.0 Å². The smallest absolute Gasteiger partial charge is 0.321 e. The predicted molar refractivity (Wildman–Crippen MR) is 117 cm³/mol. The summed E-state index contributed by atoms with van der Waals surface area (Å²) in [6.07, 6.45) is 0.154. The van der Waals surface area contributed by atoms with Crippen LogP contribution >= 0.6 is 0 Å². The van der Waals surface area contributed by atoms with Gasteiger partial charge in [0.1, 0.15) is 17.5 Å². The molecule has 2 aliphatic rings. The lowest BCUT2D eigenvalue weighted by Gasteiger charge is -2.41. The van der Waals surface area contributed by atoms with E-state index in [0.29, 0.717) is 29.0 Å². The Hall–Kier alpha value is -3.00. The van der Waals surface area contributed by atoms with E-state index in [0.717, 1.165) is 5.56 Å². The number of hydrogen-bond acceptors (Lipinski definition) is 5. The van der Waals surface area contributed by atoms with Crippen molar-refractivity contribution in [2.45, 2.75) is 43.9 Å². The van der Waals surface area contributed by atoms with E-state index in [1.165, 1.54) is 20.3 Å². The number of hydrogen-bond donors (Lipinski definition) is 1. The van der Waals surface area contributed by atoms with Crippen molar-refractivity contribution in [2.24, 2.45) is 5.92 Å². The number of carbonyl (C=O) groups excluding carboxylic acids is 1. The molecule has 1 heterocycles. The quantitative estimate of drug-likeness (QED) is 0.674. The first-order valence-corrected chi connectivity index (χ1v) is 10.9. The molecular formula is C25H27F2NO5. The van der Waals surface area contributed by atoms with Crippen molar-refractivity contribution in [3.63, 3.8) is 0 Å². The average molecular weight is 459 g/mol. The second-order valence-corrected chi connectivity index (χ2v) is 8.85. The van der Waals surface area contributed by atoms with Crippen LogP contribution in [0.2, 0.25) is 0 Å². The highest BCUT2D eigenvalue weighted by Crippen LogP contribution is 2.43. The maximum Gasteiger partial charge on any atom is 0.321 e. The number of ketones is 1. The van der Waals surface area contributed by atoms with E-state index in [1.54, 1.807) is 35.2 Å². The molecule has 2 aromatic carbocycles. The molecule has 1 saturated heterocycles. The summed E-state index contributed by atoms with van der Waals surface area (Å²) in [4.78, 5) is 26.6. The first-order chi connectivity index (χ1) is 15.7. The van der Waals surface area contributed by atoms with Gasteiger partial charge in [0, 0.05) is 36.6 Å². The molecule has 176 valence electrons. The lowest BCUT2D eigenvalue weighted by atomic mass is 9.79. The maximum atomic E-state index is 15.9. The van der Waals surface area contributed by atoms with Crippen molar-refractivity contribution in [1.82, 2.24) is 4.90 Å². The van der Waals surface area contributed by atoms with Gasteiger partial charge in [-0.2, -0.15) is 0 Å². The summed E-state index contributed by atoms with van der Waals surface area (Å²) < 4.78 is 40.6. The Morgan fingerprint density at radius 2 is 1.91 bits per heavy atom. The van der Waals surface area contributed by atoms with Gasteiger partial charge in [-0.15, -0.1) is 0 Å². The van der Waals surface area contributed by atoms with E-state index >= 15 is 4.39 Å². The second-order valence-electron chi connectivity index (χ2n) is 8.85. The van der Waals surface area contributed by atoms with E-state index in [-0.39, 0.29) is 38.1 Å². The Morgan fingerprint density at radius 3 is 2.58 bits per heavy atom. The summed E-state index contributed by atoms with van der Waals surface area (Å²) >= 11 is 0.